The second-order valence-corrected chi connectivity index (χ2v) is 6.07. The van der Waals surface area contributed by atoms with E-state index in [1.165, 1.54) is 31.2 Å². The summed E-state index contributed by atoms with van der Waals surface area (Å²) in [6.07, 6.45) is 10.5. The van der Waals surface area contributed by atoms with Crippen molar-refractivity contribution >= 4 is 0 Å². The summed E-state index contributed by atoms with van der Waals surface area (Å²) in [6, 6.07) is 0. The molecular formula is C15H29N3. The number of aromatic nitrogens is 2. The molecule has 1 rings (SSSR count). The zero-order valence-corrected chi connectivity index (χ0v) is 12.5. The molecule has 0 fully saturated rings. The Balaban J connectivity index is 2.12. The fourth-order valence-corrected chi connectivity index (χ4v) is 2.20. The molecule has 0 saturated carbocycles. The van der Waals surface area contributed by atoms with Crippen LogP contribution in [-0.2, 0) is 13.5 Å². The zero-order valence-electron chi connectivity index (χ0n) is 12.5. The minimum atomic E-state index is 0.421. The average molecular weight is 251 g/mol. The molecule has 3 heteroatoms. The van der Waals surface area contributed by atoms with Crippen molar-refractivity contribution < 1.29 is 0 Å². The third-order valence-corrected chi connectivity index (χ3v) is 3.41. The van der Waals surface area contributed by atoms with Crippen molar-refractivity contribution in [1.82, 2.24) is 15.1 Å². The summed E-state index contributed by atoms with van der Waals surface area (Å²) in [4.78, 5) is 0. The summed E-state index contributed by atoms with van der Waals surface area (Å²) >= 11 is 0. The highest BCUT2D eigenvalue weighted by atomic mass is 15.2. The Kier molecular flexibility index (Phi) is 6.41. The predicted molar refractivity (Wildman–Crippen MR) is 77.7 cm³/mol. The van der Waals surface area contributed by atoms with Crippen molar-refractivity contribution in [2.45, 2.75) is 52.9 Å². The highest BCUT2D eigenvalue weighted by Crippen LogP contribution is 2.22. The van der Waals surface area contributed by atoms with Gasteiger partial charge < -0.3 is 5.32 Å². The Morgan fingerprint density at radius 1 is 1.33 bits per heavy atom. The SMILES string of the molecule is CCCCCC(C)(C)CNCCc1cnn(C)c1. The van der Waals surface area contributed by atoms with E-state index in [9.17, 15) is 0 Å². The first-order chi connectivity index (χ1) is 8.53. The molecule has 3 nitrogen and oxygen atoms in total. The molecule has 1 heterocycles. The number of unbranched alkanes of at least 4 members (excludes halogenated alkanes) is 2. The van der Waals surface area contributed by atoms with E-state index in [0.29, 0.717) is 5.41 Å². The van der Waals surface area contributed by atoms with Gasteiger partial charge in [0.05, 0.1) is 6.20 Å². The van der Waals surface area contributed by atoms with Crippen LogP contribution < -0.4 is 5.32 Å². The van der Waals surface area contributed by atoms with Gasteiger partial charge in [-0.25, -0.2) is 0 Å². The smallest absolute Gasteiger partial charge is 0.0522 e. The Morgan fingerprint density at radius 3 is 2.72 bits per heavy atom. The summed E-state index contributed by atoms with van der Waals surface area (Å²) in [7, 11) is 1.97. The fourth-order valence-electron chi connectivity index (χ4n) is 2.20. The molecule has 0 bridgehead atoms. The van der Waals surface area contributed by atoms with Crippen LogP contribution >= 0.6 is 0 Å². The summed E-state index contributed by atoms with van der Waals surface area (Å²) in [6.45, 7) is 9.14. The third-order valence-electron chi connectivity index (χ3n) is 3.41. The van der Waals surface area contributed by atoms with Crippen LogP contribution in [0.15, 0.2) is 12.4 Å². The highest BCUT2D eigenvalue weighted by molar-refractivity contribution is 5.03. The van der Waals surface area contributed by atoms with Crippen molar-refractivity contribution in [3.63, 3.8) is 0 Å². The largest absolute Gasteiger partial charge is 0.316 e. The van der Waals surface area contributed by atoms with Crippen LogP contribution in [0, 0.1) is 5.41 Å². The summed E-state index contributed by atoms with van der Waals surface area (Å²) in [5, 5.41) is 7.76. The van der Waals surface area contributed by atoms with Gasteiger partial charge in [-0.2, -0.15) is 5.10 Å². The van der Waals surface area contributed by atoms with E-state index < -0.39 is 0 Å². The summed E-state index contributed by atoms with van der Waals surface area (Å²) in [5.74, 6) is 0. The molecule has 0 unspecified atom stereocenters. The first-order valence-corrected chi connectivity index (χ1v) is 7.22. The van der Waals surface area contributed by atoms with Gasteiger partial charge in [0.1, 0.15) is 0 Å². The lowest BCUT2D eigenvalue weighted by Crippen LogP contribution is -2.30. The maximum Gasteiger partial charge on any atom is 0.0522 e. The molecule has 0 aliphatic carbocycles. The minimum Gasteiger partial charge on any atom is -0.316 e. The Labute approximate surface area is 112 Å². The van der Waals surface area contributed by atoms with Crippen LogP contribution in [0.4, 0.5) is 0 Å². The summed E-state index contributed by atoms with van der Waals surface area (Å²) in [5.41, 5.74) is 1.73. The van der Waals surface area contributed by atoms with Crippen molar-refractivity contribution in [3.8, 4) is 0 Å². The molecule has 1 aromatic heterocycles. The van der Waals surface area contributed by atoms with Gasteiger partial charge in [-0.3, -0.25) is 4.68 Å². The van der Waals surface area contributed by atoms with Crippen LogP contribution in [-0.4, -0.2) is 22.9 Å². The quantitative estimate of drug-likeness (QED) is 0.683. The van der Waals surface area contributed by atoms with Crippen molar-refractivity contribution in [2.75, 3.05) is 13.1 Å². The molecule has 0 radical (unpaired) electrons. The second-order valence-electron chi connectivity index (χ2n) is 6.07. The van der Waals surface area contributed by atoms with E-state index in [-0.39, 0.29) is 0 Å². The lowest BCUT2D eigenvalue weighted by Gasteiger charge is -2.25. The molecule has 0 aromatic carbocycles. The van der Waals surface area contributed by atoms with Crippen LogP contribution in [0.25, 0.3) is 0 Å². The Morgan fingerprint density at radius 2 is 2.11 bits per heavy atom. The van der Waals surface area contributed by atoms with E-state index in [1.807, 2.05) is 17.9 Å². The maximum absolute atomic E-state index is 4.18. The minimum absolute atomic E-state index is 0.421. The van der Waals surface area contributed by atoms with Gasteiger partial charge in [-0.05, 0) is 30.4 Å². The molecule has 0 spiro atoms. The van der Waals surface area contributed by atoms with E-state index in [2.05, 4.69) is 37.4 Å². The molecule has 0 saturated heterocycles. The van der Waals surface area contributed by atoms with Gasteiger partial charge >= 0.3 is 0 Å². The number of nitrogens with one attached hydrogen (secondary N) is 1. The van der Waals surface area contributed by atoms with Gasteiger partial charge in [-0.1, -0.05) is 40.0 Å². The molecule has 0 amide bonds. The molecular weight excluding hydrogens is 222 g/mol. The van der Waals surface area contributed by atoms with E-state index in [0.717, 1.165) is 19.5 Å². The van der Waals surface area contributed by atoms with E-state index in [1.54, 1.807) is 0 Å². The van der Waals surface area contributed by atoms with Crippen LogP contribution in [0.5, 0.6) is 0 Å². The summed E-state index contributed by atoms with van der Waals surface area (Å²) < 4.78 is 1.87. The molecule has 18 heavy (non-hydrogen) atoms. The van der Waals surface area contributed by atoms with Gasteiger partial charge in [0, 0.05) is 19.8 Å². The predicted octanol–water partition coefficient (Wildman–Crippen LogP) is 3.16. The Bertz CT molecular complexity index is 328. The van der Waals surface area contributed by atoms with Gasteiger partial charge in [-0.15, -0.1) is 0 Å². The molecule has 0 aliphatic heterocycles. The van der Waals surface area contributed by atoms with Crippen molar-refractivity contribution in [1.29, 1.82) is 0 Å². The van der Waals surface area contributed by atoms with Gasteiger partial charge in [0.25, 0.3) is 0 Å². The normalized spacial score (nSPS) is 12.0. The highest BCUT2D eigenvalue weighted by Gasteiger charge is 2.16. The Hall–Kier alpha value is -0.830. The van der Waals surface area contributed by atoms with Crippen LogP contribution in [0.1, 0.15) is 52.0 Å². The molecule has 0 aliphatic rings. The number of aryl methyl sites for hydroxylation is 1. The molecule has 1 aromatic rings. The lowest BCUT2D eigenvalue weighted by atomic mass is 9.87. The molecule has 0 atom stereocenters. The number of hydrogen-bond donors (Lipinski definition) is 1. The maximum atomic E-state index is 4.18. The number of rotatable bonds is 9. The number of hydrogen-bond acceptors (Lipinski definition) is 2. The molecule has 104 valence electrons. The molecule has 1 N–H and O–H groups in total. The third kappa shape index (κ3) is 6.20. The lowest BCUT2D eigenvalue weighted by molar-refractivity contribution is 0.303. The second kappa shape index (κ2) is 7.57. The van der Waals surface area contributed by atoms with Gasteiger partial charge in [0.2, 0.25) is 0 Å². The first-order valence-electron chi connectivity index (χ1n) is 7.22. The van der Waals surface area contributed by atoms with Crippen molar-refractivity contribution in [3.05, 3.63) is 18.0 Å². The zero-order chi connectivity index (χ0) is 13.4. The average Bonchev–Trinajstić information content (AvgIpc) is 2.71. The standard InChI is InChI=1S/C15H29N3/c1-5-6-7-9-15(2,3)13-16-10-8-14-11-17-18(4)12-14/h11-12,16H,5-10,13H2,1-4H3. The van der Waals surface area contributed by atoms with E-state index >= 15 is 0 Å². The fraction of sp³-hybridized carbons (Fsp3) is 0.800. The monoisotopic (exact) mass is 251 g/mol. The number of nitrogens with zero attached hydrogens (tertiary/aromatic N) is 2. The van der Waals surface area contributed by atoms with Gasteiger partial charge in [0.15, 0.2) is 0 Å². The van der Waals surface area contributed by atoms with Crippen molar-refractivity contribution in [2.24, 2.45) is 12.5 Å². The van der Waals surface area contributed by atoms with Crippen LogP contribution in [0.3, 0.4) is 0 Å². The van der Waals surface area contributed by atoms with Crippen LogP contribution in [0.2, 0.25) is 0 Å². The first kappa shape index (κ1) is 15.2. The van der Waals surface area contributed by atoms with E-state index in [4.69, 9.17) is 0 Å². The topological polar surface area (TPSA) is 29.9 Å².